The van der Waals surface area contributed by atoms with E-state index >= 15 is 0 Å². The molecule has 0 atom stereocenters. The highest BCUT2D eigenvalue weighted by Crippen LogP contribution is 2.26. The quantitative estimate of drug-likeness (QED) is 0.332. The number of hydrogen-bond acceptors (Lipinski definition) is 8. The van der Waals surface area contributed by atoms with Crippen LogP contribution in [0.1, 0.15) is 0 Å². The minimum Gasteiger partial charge on any atom is -0.334 e. The van der Waals surface area contributed by atoms with Crippen molar-refractivity contribution in [2.75, 3.05) is 17.0 Å². The second-order valence-corrected chi connectivity index (χ2v) is 4.56. The molecule has 0 spiro atoms. The van der Waals surface area contributed by atoms with Crippen molar-refractivity contribution in [2.45, 2.75) is 4.90 Å². The first kappa shape index (κ1) is 14.0. The molecule has 9 heteroatoms. The molecule has 104 valence electrons. The molecule has 0 bridgehead atoms. The minimum absolute atomic E-state index is 0.0786. The van der Waals surface area contributed by atoms with Gasteiger partial charge >= 0.3 is 5.69 Å². The Bertz CT molecular complexity index is 619. The third-order valence-corrected chi connectivity index (χ3v) is 3.19. The molecule has 0 unspecified atom stereocenters. The van der Waals surface area contributed by atoms with E-state index in [1.807, 2.05) is 30.5 Å². The number of hydrogen-bond donors (Lipinski definition) is 3. The van der Waals surface area contributed by atoms with Crippen LogP contribution in [0, 0.1) is 10.1 Å². The Morgan fingerprint density at radius 1 is 1.35 bits per heavy atom. The first-order valence-corrected chi connectivity index (χ1v) is 6.75. The van der Waals surface area contributed by atoms with Crippen LogP contribution < -0.4 is 16.6 Å². The lowest BCUT2D eigenvalue weighted by Gasteiger charge is -2.07. The van der Waals surface area contributed by atoms with E-state index in [0.29, 0.717) is 5.69 Å². The number of benzene rings is 1. The summed E-state index contributed by atoms with van der Waals surface area (Å²) in [4.78, 5) is 19.1. The summed E-state index contributed by atoms with van der Waals surface area (Å²) in [5, 5.41) is 13.8. The smallest absolute Gasteiger partial charge is 0.329 e. The van der Waals surface area contributed by atoms with Gasteiger partial charge in [0.05, 0.1) is 4.92 Å². The van der Waals surface area contributed by atoms with Crippen molar-refractivity contribution in [3.05, 3.63) is 40.6 Å². The third kappa shape index (κ3) is 3.13. The van der Waals surface area contributed by atoms with Gasteiger partial charge in [0, 0.05) is 10.6 Å². The van der Waals surface area contributed by atoms with Crippen LogP contribution in [0.5, 0.6) is 0 Å². The topological polar surface area (TPSA) is 119 Å². The molecule has 8 nitrogen and oxygen atoms in total. The van der Waals surface area contributed by atoms with Crippen LogP contribution in [0.3, 0.4) is 0 Å². The van der Waals surface area contributed by atoms with E-state index in [2.05, 4.69) is 20.7 Å². The number of nitrogen functional groups attached to an aromatic ring is 1. The van der Waals surface area contributed by atoms with E-state index in [1.54, 1.807) is 11.8 Å². The largest absolute Gasteiger partial charge is 0.334 e. The van der Waals surface area contributed by atoms with Gasteiger partial charge in [-0.1, -0.05) is 0 Å². The molecule has 1 heterocycles. The molecule has 1 aromatic heterocycles. The average molecular weight is 292 g/mol. The van der Waals surface area contributed by atoms with Crippen molar-refractivity contribution in [3.63, 3.8) is 0 Å². The van der Waals surface area contributed by atoms with Crippen molar-refractivity contribution in [3.8, 4) is 0 Å². The van der Waals surface area contributed by atoms with Crippen LogP contribution in [0.25, 0.3) is 0 Å². The fraction of sp³-hybridized carbons (Fsp3) is 0.0909. The molecule has 0 amide bonds. The van der Waals surface area contributed by atoms with E-state index in [0.717, 1.165) is 11.1 Å². The minimum atomic E-state index is -0.557. The predicted octanol–water partition coefficient (Wildman–Crippen LogP) is 2.14. The molecule has 0 fully saturated rings. The third-order valence-electron chi connectivity index (χ3n) is 2.45. The molecule has 2 rings (SSSR count). The lowest BCUT2D eigenvalue weighted by molar-refractivity contribution is -0.384. The number of aromatic nitrogens is 2. The summed E-state index contributed by atoms with van der Waals surface area (Å²) in [7, 11) is 0. The number of nitro groups is 1. The molecule has 0 saturated carbocycles. The summed E-state index contributed by atoms with van der Waals surface area (Å²) in [6.45, 7) is 0. The SMILES string of the molecule is CSc1ccc(Nc2nc(NN)ncc2[N+](=O)[O-])cc1. The summed E-state index contributed by atoms with van der Waals surface area (Å²) in [6.07, 6.45) is 3.07. The van der Waals surface area contributed by atoms with Gasteiger partial charge < -0.3 is 5.32 Å². The molecule has 1 aromatic carbocycles. The van der Waals surface area contributed by atoms with Gasteiger partial charge in [-0.3, -0.25) is 15.5 Å². The fourth-order valence-corrected chi connectivity index (χ4v) is 1.89. The van der Waals surface area contributed by atoms with E-state index in [-0.39, 0.29) is 17.5 Å². The number of thioether (sulfide) groups is 1. The number of nitrogens with two attached hydrogens (primary N) is 1. The lowest BCUT2D eigenvalue weighted by Crippen LogP contribution is -2.12. The zero-order valence-electron chi connectivity index (χ0n) is 10.5. The molecule has 2 aromatic rings. The van der Waals surface area contributed by atoms with Gasteiger partial charge in [0.15, 0.2) is 0 Å². The van der Waals surface area contributed by atoms with Crippen LogP contribution in [0.2, 0.25) is 0 Å². The summed E-state index contributed by atoms with van der Waals surface area (Å²) < 4.78 is 0. The normalized spacial score (nSPS) is 10.1. The maximum Gasteiger partial charge on any atom is 0.329 e. The number of hydrazine groups is 1. The van der Waals surface area contributed by atoms with E-state index in [4.69, 9.17) is 5.84 Å². The number of nitrogens with one attached hydrogen (secondary N) is 2. The Kier molecular flexibility index (Phi) is 4.33. The van der Waals surface area contributed by atoms with Crippen molar-refractivity contribution in [1.29, 1.82) is 0 Å². The molecule has 0 radical (unpaired) electrons. The number of rotatable bonds is 5. The first-order valence-electron chi connectivity index (χ1n) is 5.53. The van der Waals surface area contributed by atoms with Gasteiger partial charge in [-0.15, -0.1) is 11.8 Å². The molecule has 4 N–H and O–H groups in total. The summed E-state index contributed by atoms with van der Waals surface area (Å²) in [5.74, 6) is 5.38. The maximum atomic E-state index is 10.9. The fourth-order valence-electron chi connectivity index (χ4n) is 1.48. The first-order chi connectivity index (χ1) is 9.63. The lowest BCUT2D eigenvalue weighted by atomic mass is 10.3. The van der Waals surface area contributed by atoms with Crippen molar-refractivity contribution in [2.24, 2.45) is 5.84 Å². The van der Waals surface area contributed by atoms with Gasteiger partial charge in [0.2, 0.25) is 11.8 Å². The Balaban J connectivity index is 2.32. The molecule has 0 aliphatic heterocycles. The zero-order valence-corrected chi connectivity index (χ0v) is 11.3. The van der Waals surface area contributed by atoms with Crippen LogP contribution in [-0.4, -0.2) is 21.1 Å². The van der Waals surface area contributed by atoms with E-state index < -0.39 is 4.92 Å². The Hall–Kier alpha value is -2.39. The van der Waals surface area contributed by atoms with Gasteiger partial charge in [0.25, 0.3) is 0 Å². The summed E-state index contributed by atoms with van der Waals surface area (Å²) >= 11 is 1.61. The standard InChI is InChI=1S/C11H12N6O2S/c1-20-8-4-2-7(3-5-8)14-10-9(17(18)19)6-13-11(15-10)16-12/h2-6H,12H2,1H3,(H2,13,14,15,16). The second kappa shape index (κ2) is 6.17. The van der Waals surface area contributed by atoms with Crippen molar-refractivity contribution < 1.29 is 4.92 Å². The Morgan fingerprint density at radius 3 is 2.60 bits per heavy atom. The maximum absolute atomic E-state index is 10.9. The van der Waals surface area contributed by atoms with Gasteiger partial charge in [-0.05, 0) is 30.5 Å². The van der Waals surface area contributed by atoms with Gasteiger partial charge in [0.1, 0.15) is 6.20 Å². The predicted molar refractivity (Wildman–Crippen MR) is 78.0 cm³/mol. The summed E-state index contributed by atoms with van der Waals surface area (Å²) in [5.41, 5.74) is 2.71. The van der Waals surface area contributed by atoms with Crippen LogP contribution >= 0.6 is 11.8 Å². The Labute approximate surface area is 118 Å². The Morgan fingerprint density at radius 2 is 2.05 bits per heavy atom. The zero-order chi connectivity index (χ0) is 14.5. The van der Waals surface area contributed by atoms with E-state index in [1.165, 1.54) is 0 Å². The molecular weight excluding hydrogens is 280 g/mol. The van der Waals surface area contributed by atoms with Crippen LogP contribution in [0.4, 0.5) is 23.1 Å². The van der Waals surface area contributed by atoms with Gasteiger partial charge in [-0.2, -0.15) is 4.98 Å². The van der Waals surface area contributed by atoms with Crippen molar-refractivity contribution >= 4 is 34.9 Å². The number of anilines is 3. The summed E-state index contributed by atoms with van der Waals surface area (Å²) in [6, 6.07) is 7.44. The number of nitrogens with zero attached hydrogens (tertiary/aromatic N) is 3. The monoisotopic (exact) mass is 292 g/mol. The van der Waals surface area contributed by atoms with E-state index in [9.17, 15) is 10.1 Å². The second-order valence-electron chi connectivity index (χ2n) is 3.68. The molecule has 0 aliphatic rings. The van der Waals surface area contributed by atoms with Crippen molar-refractivity contribution in [1.82, 2.24) is 9.97 Å². The van der Waals surface area contributed by atoms with Crippen LogP contribution in [0.15, 0.2) is 35.4 Å². The highest BCUT2D eigenvalue weighted by Gasteiger charge is 2.17. The highest BCUT2D eigenvalue weighted by atomic mass is 32.2. The average Bonchev–Trinajstić information content (AvgIpc) is 2.47. The van der Waals surface area contributed by atoms with Crippen LogP contribution in [-0.2, 0) is 0 Å². The molecule has 20 heavy (non-hydrogen) atoms. The molecular formula is C11H12N6O2S. The molecule has 0 saturated heterocycles. The van der Waals surface area contributed by atoms with Gasteiger partial charge in [-0.25, -0.2) is 10.8 Å². The molecule has 0 aliphatic carbocycles. The highest BCUT2D eigenvalue weighted by molar-refractivity contribution is 7.98.